The second-order valence-corrected chi connectivity index (χ2v) is 17.7. The Kier molecular flexibility index (Phi) is 6.96. The SMILES string of the molecule is CC(C)(C)c1cc2c(c(C(C)(C)C)c1)P=Pc1c(C(C)(C)C)cc(C(C)(C)C)cc1C(C)(C)C2. The lowest BCUT2D eigenvalue weighted by molar-refractivity contribution is 0.512. The summed E-state index contributed by atoms with van der Waals surface area (Å²) in [5.41, 5.74) is 9.72. The Morgan fingerprint density at radius 3 is 1.41 bits per heavy atom. The zero-order valence-corrected chi connectivity index (χ0v) is 26.2. The molecule has 0 atom stereocenters. The molecule has 2 aromatic carbocycles. The zero-order chi connectivity index (χ0) is 26.1. The fourth-order valence-electron chi connectivity index (χ4n) is 4.89. The molecule has 34 heavy (non-hydrogen) atoms. The number of rotatable bonds is 0. The first-order chi connectivity index (χ1) is 15.1. The third-order valence-electron chi connectivity index (χ3n) is 7.26. The summed E-state index contributed by atoms with van der Waals surface area (Å²) in [6.45, 7) is 33.4. The topological polar surface area (TPSA) is 0 Å². The average Bonchev–Trinajstić information content (AvgIpc) is 2.61. The van der Waals surface area contributed by atoms with Crippen molar-refractivity contribution < 1.29 is 0 Å². The molecular weight excluding hydrogens is 446 g/mol. The van der Waals surface area contributed by atoms with E-state index in [0.29, 0.717) is 0 Å². The minimum atomic E-state index is 0.0694. The Labute approximate surface area is 214 Å². The van der Waals surface area contributed by atoms with Crippen molar-refractivity contribution in [2.24, 2.45) is 0 Å². The van der Waals surface area contributed by atoms with Gasteiger partial charge in [0.1, 0.15) is 0 Å². The van der Waals surface area contributed by atoms with Gasteiger partial charge in [-0.3, -0.25) is 0 Å². The van der Waals surface area contributed by atoms with Crippen LogP contribution in [0.15, 0.2) is 24.3 Å². The van der Waals surface area contributed by atoms with Crippen LogP contribution in [0.25, 0.3) is 0 Å². The summed E-state index contributed by atoms with van der Waals surface area (Å²) in [7, 11) is 2.84. The molecule has 0 N–H and O–H groups in total. The van der Waals surface area contributed by atoms with Crippen LogP contribution in [0.2, 0.25) is 0 Å². The van der Waals surface area contributed by atoms with E-state index < -0.39 is 0 Å². The molecule has 0 amide bonds. The van der Waals surface area contributed by atoms with E-state index in [1.165, 1.54) is 38.0 Å². The Morgan fingerprint density at radius 1 is 0.559 bits per heavy atom. The van der Waals surface area contributed by atoms with Gasteiger partial charge >= 0.3 is 0 Å². The minimum Gasteiger partial charge on any atom is -0.0561 e. The predicted octanol–water partition coefficient (Wildman–Crippen LogP) is 9.47. The molecule has 0 unspecified atom stereocenters. The van der Waals surface area contributed by atoms with E-state index in [1.807, 2.05) is 0 Å². The number of hydrogen-bond acceptors (Lipinski definition) is 0. The van der Waals surface area contributed by atoms with Crippen LogP contribution < -0.4 is 10.6 Å². The van der Waals surface area contributed by atoms with Crippen molar-refractivity contribution in [1.29, 1.82) is 0 Å². The van der Waals surface area contributed by atoms with Crippen LogP contribution >= 0.6 is 15.7 Å². The average molecular weight is 495 g/mol. The molecule has 0 fully saturated rings. The fraction of sp³-hybridized carbons (Fsp3) is 0.625. The van der Waals surface area contributed by atoms with Gasteiger partial charge in [-0.15, -0.1) is 0 Å². The molecule has 186 valence electrons. The van der Waals surface area contributed by atoms with Gasteiger partial charge in [0, 0.05) is 10.6 Å². The molecule has 1 aliphatic heterocycles. The fourth-order valence-corrected chi connectivity index (χ4v) is 8.80. The van der Waals surface area contributed by atoms with Gasteiger partial charge in [-0.2, -0.15) is 0 Å². The van der Waals surface area contributed by atoms with Crippen LogP contribution in [0.3, 0.4) is 0 Å². The maximum Gasteiger partial charge on any atom is 0.0139 e. The molecule has 0 saturated carbocycles. The first-order valence-electron chi connectivity index (χ1n) is 12.9. The Morgan fingerprint density at radius 2 is 0.971 bits per heavy atom. The Balaban J connectivity index is 2.43. The molecule has 3 rings (SSSR count). The second-order valence-electron chi connectivity index (χ2n) is 15.2. The molecule has 1 heterocycles. The Bertz CT molecular complexity index is 1120. The molecule has 0 aliphatic carbocycles. The van der Waals surface area contributed by atoms with Crippen LogP contribution in [-0.4, -0.2) is 0 Å². The lowest BCUT2D eigenvalue weighted by Crippen LogP contribution is -2.35. The van der Waals surface area contributed by atoms with E-state index in [0.717, 1.165) is 6.42 Å². The lowest BCUT2D eigenvalue weighted by atomic mass is 9.72. The summed E-state index contributed by atoms with van der Waals surface area (Å²) in [4.78, 5) is 0. The number of fused-ring (bicyclic) bond motifs is 2. The quantitative estimate of drug-likeness (QED) is 0.320. The molecule has 1 aliphatic rings. The van der Waals surface area contributed by atoms with E-state index in [-0.39, 0.29) is 27.1 Å². The third-order valence-corrected chi connectivity index (χ3v) is 10.3. The van der Waals surface area contributed by atoms with E-state index in [2.05, 4.69) is 121 Å². The first-order valence-corrected chi connectivity index (χ1v) is 15.4. The molecule has 2 aromatic rings. The van der Waals surface area contributed by atoms with Crippen LogP contribution in [0.1, 0.15) is 130 Å². The molecule has 0 saturated heterocycles. The van der Waals surface area contributed by atoms with Crippen molar-refractivity contribution in [3.63, 3.8) is 0 Å². The van der Waals surface area contributed by atoms with Crippen molar-refractivity contribution in [1.82, 2.24) is 0 Å². The van der Waals surface area contributed by atoms with Crippen LogP contribution in [0.5, 0.6) is 0 Å². The van der Waals surface area contributed by atoms with Crippen LogP contribution in [-0.2, 0) is 33.5 Å². The summed E-state index contributed by atoms with van der Waals surface area (Å²) in [6, 6.07) is 10.1. The minimum absolute atomic E-state index is 0.0694. The maximum atomic E-state index is 2.55. The highest BCUT2D eigenvalue weighted by molar-refractivity contribution is 7.91. The number of benzene rings is 2. The molecule has 0 bridgehead atoms. The van der Waals surface area contributed by atoms with Crippen molar-refractivity contribution in [3.05, 3.63) is 57.6 Å². The van der Waals surface area contributed by atoms with Crippen molar-refractivity contribution in [2.45, 2.75) is 130 Å². The van der Waals surface area contributed by atoms with Crippen LogP contribution in [0, 0.1) is 0 Å². The standard InChI is InChI=1S/C32H48P2/c1-28(2,3)21-15-20-19-32(13,14)25-18-22(29(4,5)6)17-24(31(10,11)12)27(25)34-33-26(20)23(16-21)30(7,8)9/h15-18H,19H2,1-14H3. The van der Waals surface area contributed by atoms with E-state index >= 15 is 0 Å². The molecule has 0 spiro atoms. The van der Waals surface area contributed by atoms with Gasteiger partial charge in [-0.1, -0.05) is 121 Å². The zero-order valence-electron chi connectivity index (χ0n) is 24.4. The van der Waals surface area contributed by atoms with Crippen molar-refractivity contribution in [2.75, 3.05) is 0 Å². The van der Waals surface area contributed by atoms with E-state index in [4.69, 9.17) is 0 Å². The summed E-state index contributed by atoms with van der Waals surface area (Å²) in [6.07, 6.45) is 1.09. The predicted molar refractivity (Wildman–Crippen MR) is 158 cm³/mol. The van der Waals surface area contributed by atoms with Gasteiger partial charge in [0.2, 0.25) is 0 Å². The highest BCUT2D eigenvalue weighted by Crippen LogP contribution is 2.42. The summed E-state index contributed by atoms with van der Waals surface area (Å²) >= 11 is 0. The molecule has 0 aromatic heterocycles. The normalized spacial score (nSPS) is 17.5. The third kappa shape index (κ3) is 5.55. The molecule has 2 heteroatoms. The van der Waals surface area contributed by atoms with Crippen molar-refractivity contribution in [3.8, 4) is 0 Å². The molecule has 0 radical (unpaired) electrons. The summed E-state index contributed by atoms with van der Waals surface area (Å²) in [5, 5.41) is 3.14. The lowest BCUT2D eigenvalue weighted by Gasteiger charge is -2.37. The number of hydrogen-bond donors (Lipinski definition) is 0. The maximum absolute atomic E-state index is 2.55. The van der Waals surface area contributed by atoms with Gasteiger partial charge in [-0.05, 0) is 82.6 Å². The first kappa shape index (κ1) is 27.6. The van der Waals surface area contributed by atoms with Gasteiger partial charge in [-0.25, -0.2) is 0 Å². The Hall–Kier alpha value is -0.960. The highest BCUT2D eigenvalue weighted by atomic mass is 31.7. The van der Waals surface area contributed by atoms with Gasteiger partial charge in [0.05, 0.1) is 0 Å². The smallest absolute Gasteiger partial charge is 0.0139 e. The van der Waals surface area contributed by atoms with Gasteiger partial charge in [0.15, 0.2) is 0 Å². The van der Waals surface area contributed by atoms with Crippen LogP contribution in [0.4, 0.5) is 0 Å². The second kappa shape index (κ2) is 8.56. The summed E-state index contributed by atoms with van der Waals surface area (Å²) < 4.78 is 0. The highest BCUT2D eigenvalue weighted by Gasteiger charge is 2.34. The largest absolute Gasteiger partial charge is 0.0561 e. The molecular formula is C32H48P2. The van der Waals surface area contributed by atoms with Gasteiger partial charge in [0.25, 0.3) is 0 Å². The van der Waals surface area contributed by atoms with E-state index in [9.17, 15) is 0 Å². The van der Waals surface area contributed by atoms with Gasteiger partial charge < -0.3 is 0 Å². The van der Waals surface area contributed by atoms with Crippen molar-refractivity contribution >= 4 is 26.3 Å². The monoisotopic (exact) mass is 494 g/mol. The summed E-state index contributed by atoms with van der Waals surface area (Å²) in [5.74, 6) is 0. The van der Waals surface area contributed by atoms with E-state index in [1.54, 1.807) is 21.7 Å². The molecule has 0 nitrogen and oxygen atoms in total.